The summed E-state index contributed by atoms with van der Waals surface area (Å²) < 4.78 is 32.3. The van der Waals surface area contributed by atoms with Crippen LogP contribution in [0.2, 0.25) is 0 Å². The lowest BCUT2D eigenvalue weighted by Gasteiger charge is -2.10. The molecule has 0 aliphatic rings. The number of thiocarbonyl (C=S) groups is 1. The predicted molar refractivity (Wildman–Crippen MR) is 93.9 cm³/mol. The van der Waals surface area contributed by atoms with Gasteiger partial charge in [-0.2, -0.15) is 4.98 Å². The molecule has 0 amide bonds. The third kappa shape index (κ3) is 4.16. The zero-order valence-corrected chi connectivity index (χ0v) is 14.0. The maximum absolute atomic E-state index is 13.6. The SMILES string of the molecule is Cc1ccc(-c2noc(CNC(=S)Nc3c(F)cccc3F)n2)cc1. The summed E-state index contributed by atoms with van der Waals surface area (Å²) in [6.07, 6.45) is 0. The number of hydrogen-bond donors (Lipinski definition) is 2. The van der Waals surface area contributed by atoms with E-state index in [0.29, 0.717) is 11.7 Å². The minimum absolute atomic E-state index is 0.0408. The molecule has 25 heavy (non-hydrogen) atoms. The van der Waals surface area contributed by atoms with Crippen molar-refractivity contribution < 1.29 is 13.3 Å². The van der Waals surface area contributed by atoms with Gasteiger partial charge < -0.3 is 15.2 Å². The van der Waals surface area contributed by atoms with Crippen LogP contribution in [0.15, 0.2) is 47.0 Å². The summed E-state index contributed by atoms with van der Waals surface area (Å²) in [5.41, 5.74) is 1.64. The quantitative estimate of drug-likeness (QED) is 0.690. The van der Waals surface area contributed by atoms with Crippen LogP contribution >= 0.6 is 12.2 Å². The molecule has 128 valence electrons. The highest BCUT2D eigenvalue weighted by molar-refractivity contribution is 7.80. The molecular weight excluding hydrogens is 346 g/mol. The summed E-state index contributed by atoms with van der Waals surface area (Å²) in [5, 5.41) is 9.18. The molecule has 0 aliphatic carbocycles. The number of nitrogens with one attached hydrogen (secondary N) is 2. The molecular formula is C17H14F2N4OS. The Morgan fingerprint density at radius 3 is 2.48 bits per heavy atom. The lowest BCUT2D eigenvalue weighted by atomic mass is 10.1. The van der Waals surface area contributed by atoms with Gasteiger partial charge in [0, 0.05) is 5.56 Å². The van der Waals surface area contributed by atoms with E-state index < -0.39 is 11.6 Å². The topological polar surface area (TPSA) is 63.0 Å². The second-order valence-corrected chi connectivity index (χ2v) is 5.69. The molecule has 0 spiro atoms. The van der Waals surface area contributed by atoms with E-state index in [0.717, 1.165) is 23.3 Å². The van der Waals surface area contributed by atoms with Crippen LogP contribution in [0.1, 0.15) is 11.5 Å². The second kappa shape index (κ2) is 7.35. The molecule has 0 fully saturated rings. The van der Waals surface area contributed by atoms with Crippen molar-refractivity contribution in [3.63, 3.8) is 0 Å². The fourth-order valence-electron chi connectivity index (χ4n) is 2.08. The minimum atomic E-state index is -0.733. The van der Waals surface area contributed by atoms with Crippen LogP contribution in [0, 0.1) is 18.6 Å². The van der Waals surface area contributed by atoms with Gasteiger partial charge in [0.15, 0.2) is 5.11 Å². The van der Waals surface area contributed by atoms with E-state index in [2.05, 4.69) is 20.8 Å². The van der Waals surface area contributed by atoms with Crippen LogP contribution in [0.3, 0.4) is 0 Å². The van der Waals surface area contributed by atoms with Crippen LogP contribution < -0.4 is 10.6 Å². The summed E-state index contributed by atoms with van der Waals surface area (Å²) >= 11 is 5.02. The molecule has 0 aliphatic heterocycles. The third-order valence-corrected chi connectivity index (χ3v) is 3.63. The lowest BCUT2D eigenvalue weighted by Crippen LogP contribution is -2.28. The Morgan fingerprint density at radius 2 is 1.80 bits per heavy atom. The normalized spacial score (nSPS) is 10.5. The average molecular weight is 360 g/mol. The summed E-state index contributed by atoms with van der Waals surface area (Å²) in [5.74, 6) is -0.711. The van der Waals surface area contributed by atoms with Gasteiger partial charge >= 0.3 is 0 Å². The number of rotatable bonds is 4. The van der Waals surface area contributed by atoms with Gasteiger partial charge in [-0.1, -0.05) is 41.1 Å². The Kier molecular flexibility index (Phi) is 4.99. The van der Waals surface area contributed by atoms with Gasteiger partial charge in [-0.3, -0.25) is 0 Å². The smallest absolute Gasteiger partial charge is 0.246 e. The number of anilines is 1. The zero-order chi connectivity index (χ0) is 17.8. The maximum Gasteiger partial charge on any atom is 0.246 e. The number of benzene rings is 2. The largest absolute Gasteiger partial charge is 0.353 e. The van der Waals surface area contributed by atoms with Gasteiger partial charge in [-0.05, 0) is 31.3 Å². The fourth-order valence-corrected chi connectivity index (χ4v) is 2.25. The molecule has 1 heterocycles. The Hall–Kier alpha value is -2.87. The molecule has 5 nitrogen and oxygen atoms in total. The molecule has 3 rings (SSSR count). The average Bonchev–Trinajstić information content (AvgIpc) is 3.06. The van der Waals surface area contributed by atoms with Crippen LogP contribution in [0.4, 0.5) is 14.5 Å². The van der Waals surface area contributed by atoms with Gasteiger partial charge in [0.2, 0.25) is 11.7 Å². The molecule has 0 atom stereocenters. The fraction of sp³-hybridized carbons (Fsp3) is 0.118. The first-order valence-corrected chi connectivity index (χ1v) is 7.82. The van der Waals surface area contributed by atoms with Gasteiger partial charge in [0.25, 0.3) is 0 Å². The standard InChI is InChI=1S/C17H14F2N4OS/c1-10-5-7-11(8-6-10)16-21-14(24-23-16)9-20-17(25)22-15-12(18)3-2-4-13(15)19/h2-8H,9H2,1H3,(H2,20,22,25). The highest BCUT2D eigenvalue weighted by Gasteiger charge is 2.12. The Balaban J connectivity index is 1.60. The van der Waals surface area contributed by atoms with E-state index in [4.69, 9.17) is 16.7 Å². The summed E-state index contributed by atoms with van der Waals surface area (Å²) in [7, 11) is 0. The Labute approximate surface area is 148 Å². The number of aryl methyl sites for hydroxylation is 1. The maximum atomic E-state index is 13.6. The number of nitrogens with zero attached hydrogens (tertiary/aromatic N) is 2. The number of aromatic nitrogens is 2. The van der Waals surface area contributed by atoms with Gasteiger partial charge in [-0.25, -0.2) is 8.78 Å². The molecule has 0 unspecified atom stereocenters. The predicted octanol–water partition coefficient (Wildman–Crippen LogP) is 3.81. The van der Waals surface area contributed by atoms with Crippen molar-refractivity contribution in [2.45, 2.75) is 13.5 Å². The van der Waals surface area contributed by atoms with E-state index in [9.17, 15) is 8.78 Å². The van der Waals surface area contributed by atoms with Crippen molar-refractivity contribution in [2.75, 3.05) is 5.32 Å². The number of para-hydroxylation sites is 1. The highest BCUT2D eigenvalue weighted by Crippen LogP contribution is 2.18. The van der Waals surface area contributed by atoms with Crippen molar-refractivity contribution in [1.82, 2.24) is 15.5 Å². The van der Waals surface area contributed by atoms with Gasteiger partial charge in [0.05, 0.1) is 6.54 Å². The molecule has 1 aromatic heterocycles. The Bertz CT molecular complexity index is 876. The number of hydrogen-bond acceptors (Lipinski definition) is 4. The van der Waals surface area contributed by atoms with Crippen LogP contribution in [0.5, 0.6) is 0 Å². The van der Waals surface area contributed by atoms with E-state index in [1.54, 1.807) is 0 Å². The first-order valence-electron chi connectivity index (χ1n) is 7.41. The molecule has 3 aromatic rings. The third-order valence-electron chi connectivity index (χ3n) is 3.38. The van der Waals surface area contributed by atoms with Crippen molar-refractivity contribution >= 4 is 23.0 Å². The van der Waals surface area contributed by atoms with Crippen molar-refractivity contribution in [2.24, 2.45) is 0 Å². The van der Waals surface area contributed by atoms with Crippen LogP contribution in [0.25, 0.3) is 11.4 Å². The Morgan fingerprint density at radius 1 is 1.12 bits per heavy atom. The van der Waals surface area contributed by atoms with Crippen molar-refractivity contribution in [3.8, 4) is 11.4 Å². The van der Waals surface area contributed by atoms with Gasteiger partial charge in [0.1, 0.15) is 17.3 Å². The van der Waals surface area contributed by atoms with E-state index >= 15 is 0 Å². The van der Waals surface area contributed by atoms with E-state index in [1.165, 1.54) is 6.07 Å². The van der Waals surface area contributed by atoms with E-state index in [1.807, 2.05) is 31.2 Å². The zero-order valence-electron chi connectivity index (χ0n) is 13.2. The molecule has 0 saturated heterocycles. The molecule has 2 aromatic carbocycles. The first kappa shape index (κ1) is 17.0. The van der Waals surface area contributed by atoms with Crippen molar-refractivity contribution in [1.29, 1.82) is 0 Å². The highest BCUT2D eigenvalue weighted by atomic mass is 32.1. The molecule has 0 bridgehead atoms. The lowest BCUT2D eigenvalue weighted by molar-refractivity contribution is 0.376. The minimum Gasteiger partial charge on any atom is -0.353 e. The molecule has 0 radical (unpaired) electrons. The summed E-state index contributed by atoms with van der Waals surface area (Å²) in [4.78, 5) is 4.25. The van der Waals surface area contributed by atoms with E-state index in [-0.39, 0.29) is 17.3 Å². The van der Waals surface area contributed by atoms with Crippen LogP contribution in [-0.2, 0) is 6.54 Å². The number of halogens is 2. The summed E-state index contributed by atoms with van der Waals surface area (Å²) in [6.45, 7) is 2.11. The second-order valence-electron chi connectivity index (χ2n) is 5.28. The summed E-state index contributed by atoms with van der Waals surface area (Å²) in [6, 6.07) is 11.2. The van der Waals surface area contributed by atoms with Crippen LogP contribution in [-0.4, -0.2) is 15.3 Å². The van der Waals surface area contributed by atoms with Gasteiger partial charge in [-0.15, -0.1) is 0 Å². The molecule has 0 saturated carbocycles. The van der Waals surface area contributed by atoms with Crippen molar-refractivity contribution in [3.05, 3.63) is 65.6 Å². The molecule has 8 heteroatoms. The first-order chi connectivity index (χ1) is 12.0. The molecule has 2 N–H and O–H groups in total. The monoisotopic (exact) mass is 360 g/mol.